The zero-order valence-electron chi connectivity index (χ0n) is 30.9. The zero-order chi connectivity index (χ0) is 40.5. The van der Waals surface area contributed by atoms with E-state index in [9.17, 15) is 27.3 Å². The number of imidazole rings is 1. The molecule has 15 nitrogen and oxygen atoms in total. The third kappa shape index (κ3) is 10.8. The van der Waals surface area contributed by atoms with Gasteiger partial charge in [0.05, 0.1) is 19.0 Å². The first kappa shape index (κ1) is 41.9. The number of para-hydroxylation sites is 1. The fraction of sp³-hybridized carbons (Fsp3) is 0.432. The standard InChI is InChI=1S/C37H42F3N6O9P/c1-5-7-8-12-15-50-36(48)53-29-20-30(46-22-42-31-32(41)43-35(40)44-33(31)46)54-37(29,6-2)21-51-56(49,55-27-13-10-9-11-14-27)45-28(34(47)52-23(3)4)18-24-16-25(38)19-26(39)17-24/h2,9-11,13-14,16-17,19,22-23,28-30H,5,7-8,12,15,18,20-21H2,1,3-4H3,(H,45,49)(H2,41,43,44)/t28-,29-,30+,37+,56-/m0/s1. The second-order valence-corrected chi connectivity index (χ2v) is 14.8. The molecular formula is C37H42F3N6O9P. The second kappa shape index (κ2) is 18.6. The van der Waals surface area contributed by atoms with Gasteiger partial charge in [-0.3, -0.25) is 13.9 Å². The molecule has 0 spiro atoms. The van der Waals surface area contributed by atoms with Crippen LogP contribution in [0.25, 0.3) is 11.2 Å². The van der Waals surface area contributed by atoms with Gasteiger partial charge < -0.3 is 29.2 Å². The Bertz CT molecular complexity index is 2070. The molecule has 5 atom stereocenters. The van der Waals surface area contributed by atoms with Gasteiger partial charge in [-0.1, -0.05) is 50.3 Å². The first-order chi connectivity index (χ1) is 26.7. The number of halogens is 3. The number of benzene rings is 2. The summed E-state index contributed by atoms with van der Waals surface area (Å²) in [6.07, 6.45) is 4.65. The molecule has 0 aliphatic carbocycles. The zero-order valence-corrected chi connectivity index (χ0v) is 31.8. The Morgan fingerprint density at radius 1 is 1.12 bits per heavy atom. The lowest BCUT2D eigenvalue weighted by Gasteiger charge is -2.31. The van der Waals surface area contributed by atoms with Gasteiger partial charge >= 0.3 is 25.9 Å². The minimum atomic E-state index is -4.78. The smallest absolute Gasteiger partial charge is 0.462 e. The molecule has 3 heterocycles. The van der Waals surface area contributed by atoms with Crippen molar-refractivity contribution in [1.29, 1.82) is 0 Å². The van der Waals surface area contributed by atoms with Gasteiger partial charge in [-0.05, 0) is 56.5 Å². The van der Waals surface area contributed by atoms with E-state index in [1.54, 1.807) is 32.0 Å². The average Bonchev–Trinajstić information content (AvgIpc) is 3.72. The predicted molar refractivity (Wildman–Crippen MR) is 195 cm³/mol. The monoisotopic (exact) mass is 802 g/mol. The number of anilines is 1. The van der Waals surface area contributed by atoms with Crippen LogP contribution in [0.4, 0.5) is 23.8 Å². The van der Waals surface area contributed by atoms with Crippen LogP contribution in [0, 0.1) is 30.1 Å². The van der Waals surface area contributed by atoms with Crippen molar-refractivity contribution in [2.24, 2.45) is 0 Å². The Hall–Kier alpha value is -5.21. The third-order valence-electron chi connectivity index (χ3n) is 8.44. The van der Waals surface area contributed by atoms with Gasteiger partial charge in [0.25, 0.3) is 0 Å². The lowest BCUT2D eigenvalue weighted by Crippen LogP contribution is -2.46. The van der Waals surface area contributed by atoms with Crippen LogP contribution in [0.15, 0.2) is 54.9 Å². The highest BCUT2D eigenvalue weighted by atomic mass is 31.2. The number of fused-ring (bicyclic) bond motifs is 1. The minimum Gasteiger partial charge on any atom is -0.462 e. The number of nitrogens with two attached hydrogens (primary N) is 1. The Kier molecular flexibility index (Phi) is 13.9. The molecule has 56 heavy (non-hydrogen) atoms. The van der Waals surface area contributed by atoms with Crippen molar-refractivity contribution in [2.75, 3.05) is 18.9 Å². The molecule has 0 unspecified atom stereocenters. The van der Waals surface area contributed by atoms with Crippen LogP contribution in [0.5, 0.6) is 5.75 Å². The SMILES string of the molecule is C#C[C@]1(CO[P@@](=O)(N[C@@H](Cc2cc(F)cc(F)c2)C(=O)OC(C)C)Oc2ccccc2)O[C@@H](n2cnc3c(N)nc(F)nc32)C[C@@H]1OC(=O)OCCCCCC. The molecule has 3 N–H and O–H groups in total. The molecule has 1 aliphatic rings. The summed E-state index contributed by atoms with van der Waals surface area (Å²) in [5.41, 5.74) is 3.82. The van der Waals surface area contributed by atoms with Crippen molar-refractivity contribution >= 4 is 36.9 Å². The van der Waals surface area contributed by atoms with Crippen LogP contribution in [-0.2, 0) is 39.3 Å². The summed E-state index contributed by atoms with van der Waals surface area (Å²) in [5.74, 6) is -0.536. The van der Waals surface area contributed by atoms with Gasteiger partial charge in [-0.15, -0.1) is 6.42 Å². The van der Waals surface area contributed by atoms with Crippen LogP contribution in [-0.4, -0.2) is 68.7 Å². The van der Waals surface area contributed by atoms with E-state index in [0.717, 1.165) is 31.4 Å². The molecule has 19 heteroatoms. The molecule has 300 valence electrons. The van der Waals surface area contributed by atoms with Crippen LogP contribution in [0.3, 0.4) is 0 Å². The molecule has 2 aromatic carbocycles. The number of nitrogen functional groups attached to an aromatic ring is 1. The fourth-order valence-corrected chi connectivity index (χ4v) is 7.37. The molecular weight excluding hydrogens is 760 g/mol. The quantitative estimate of drug-likeness (QED) is 0.0361. The fourth-order valence-electron chi connectivity index (χ4n) is 5.85. The van der Waals surface area contributed by atoms with Gasteiger partial charge in [0.2, 0.25) is 0 Å². The molecule has 0 radical (unpaired) electrons. The number of hydrogen-bond donors (Lipinski definition) is 2. The molecule has 4 aromatic rings. The molecule has 1 aliphatic heterocycles. The summed E-state index contributed by atoms with van der Waals surface area (Å²) in [6, 6.07) is 8.85. The largest absolute Gasteiger partial charge is 0.508 e. The number of hydrogen-bond acceptors (Lipinski definition) is 13. The summed E-state index contributed by atoms with van der Waals surface area (Å²) >= 11 is 0. The highest BCUT2D eigenvalue weighted by Crippen LogP contribution is 2.49. The number of nitrogens with one attached hydrogen (secondary N) is 1. The third-order valence-corrected chi connectivity index (χ3v) is 9.99. The van der Waals surface area contributed by atoms with E-state index in [-0.39, 0.29) is 41.3 Å². The number of carbonyl (C=O) groups is 2. The predicted octanol–water partition coefficient (Wildman–Crippen LogP) is 6.58. The normalized spacial score (nSPS) is 19.6. The number of esters is 1. The van der Waals surface area contributed by atoms with Crippen LogP contribution < -0.4 is 15.3 Å². The van der Waals surface area contributed by atoms with Crippen LogP contribution in [0.2, 0.25) is 0 Å². The van der Waals surface area contributed by atoms with Gasteiger partial charge in [-0.25, -0.2) is 23.1 Å². The number of ether oxygens (including phenoxy) is 4. The maximum absolute atomic E-state index is 14.8. The Morgan fingerprint density at radius 3 is 2.54 bits per heavy atom. The molecule has 1 fully saturated rings. The van der Waals surface area contributed by atoms with Crippen molar-refractivity contribution in [2.45, 2.75) is 89.4 Å². The summed E-state index contributed by atoms with van der Waals surface area (Å²) in [4.78, 5) is 37.8. The van der Waals surface area contributed by atoms with E-state index in [4.69, 9.17) is 40.2 Å². The Balaban J connectivity index is 1.48. The number of nitrogens with zero attached hydrogens (tertiary/aromatic N) is 4. The number of terminal acetylenes is 1. The molecule has 0 saturated carbocycles. The van der Waals surface area contributed by atoms with Gasteiger partial charge in [0.15, 0.2) is 28.7 Å². The summed E-state index contributed by atoms with van der Waals surface area (Å²) < 4.78 is 93.2. The highest BCUT2D eigenvalue weighted by molar-refractivity contribution is 7.52. The van der Waals surface area contributed by atoms with Gasteiger partial charge in [-0.2, -0.15) is 19.4 Å². The molecule has 1 saturated heterocycles. The Labute approximate surface area is 321 Å². The van der Waals surface area contributed by atoms with Crippen LogP contribution in [0.1, 0.15) is 64.7 Å². The maximum atomic E-state index is 14.8. The van der Waals surface area contributed by atoms with Crippen LogP contribution >= 0.6 is 7.75 Å². The van der Waals surface area contributed by atoms with E-state index in [0.29, 0.717) is 12.5 Å². The summed E-state index contributed by atoms with van der Waals surface area (Å²) in [6.45, 7) is 4.43. The van der Waals surface area contributed by atoms with E-state index < -0.39 is 80.7 Å². The van der Waals surface area contributed by atoms with E-state index in [1.165, 1.54) is 23.0 Å². The highest BCUT2D eigenvalue weighted by Gasteiger charge is 2.53. The topological polar surface area (TPSA) is 188 Å². The van der Waals surface area contributed by atoms with Crippen molar-refractivity contribution in [1.82, 2.24) is 24.6 Å². The first-order valence-electron chi connectivity index (χ1n) is 17.8. The summed E-state index contributed by atoms with van der Waals surface area (Å²) in [5, 5.41) is 2.56. The lowest BCUT2D eigenvalue weighted by atomic mass is 9.99. The number of rotatable bonds is 18. The molecule has 2 aromatic heterocycles. The van der Waals surface area contributed by atoms with E-state index >= 15 is 0 Å². The summed E-state index contributed by atoms with van der Waals surface area (Å²) in [7, 11) is -4.78. The van der Waals surface area contributed by atoms with Crippen molar-refractivity contribution in [3.8, 4) is 18.1 Å². The van der Waals surface area contributed by atoms with Crippen molar-refractivity contribution < 1.29 is 55.3 Å². The Morgan fingerprint density at radius 2 is 1.86 bits per heavy atom. The van der Waals surface area contributed by atoms with E-state index in [2.05, 4.69) is 26.0 Å². The van der Waals surface area contributed by atoms with Gasteiger partial charge in [0.1, 0.15) is 36.3 Å². The molecule has 5 rings (SSSR count). The average molecular weight is 803 g/mol. The first-order valence-corrected chi connectivity index (χ1v) is 19.3. The molecule has 0 bridgehead atoms. The minimum absolute atomic E-state index is 0.0177. The number of aromatic nitrogens is 4. The van der Waals surface area contributed by atoms with Gasteiger partial charge in [0, 0.05) is 12.5 Å². The maximum Gasteiger partial charge on any atom is 0.508 e. The van der Waals surface area contributed by atoms with Crippen molar-refractivity contribution in [3.63, 3.8) is 0 Å². The number of carbonyl (C=O) groups excluding carboxylic acids is 2. The molecule has 0 amide bonds. The van der Waals surface area contributed by atoms with Crippen molar-refractivity contribution in [3.05, 3.63) is 78.1 Å². The number of unbranched alkanes of at least 4 members (excludes halogenated alkanes) is 3. The van der Waals surface area contributed by atoms with E-state index in [1.807, 2.05) is 6.92 Å². The lowest BCUT2D eigenvalue weighted by molar-refractivity contribution is -0.149. The second-order valence-electron chi connectivity index (χ2n) is 13.1.